The van der Waals surface area contributed by atoms with Crippen LogP contribution in [0.3, 0.4) is 0 Å². The second-order valence-electron chi connectivity index (χ2n) is 7.69. The van der Waals surface area contributed by atoms with Gasteiger partial charge in [-0.05, 0) is 36.5 Å². The number of hydrogen-bond donors (Lipinski definition) is 2. The zero-order chi connectivity index (χ0) is 20.8. The van der Waals surface area contributed by atoms with Crippen molar-refractivity contribution in [3.63, 3.8) is 0 Å². The lowest BCUT2D eigenvalue weighted by molar-refractivity contribution is -0.136. The van der Waals surface area contributed by atoms with E-state index in [1.165, 1.54) is 0 Å². The van der Waals surface area contributed by atoms with Crippen molar-refractivity contribution >= 4 is 5.91 Å². The molecule has 1 amide bonds. The van der Waals surface area contributed by atoms with E-state index in [1.807, 2.05) is 24.3 Å². The smallest absolute Gasteiger partial charge is 0.227 e. The molecule has 0 saturated carbocycles. The second kappa shape index (κ2) is 9.13. The summed E-state index contributed by atoms with van der Waals surface area (Å²) >= 11 is 0. The number of aromatic nitrogens is 2. The zero-order valence-electron chi connectivity index (χ0n) is 17.2. The summed E-state index contributed by atoms with van der Waals surface area (Å²) in [5.74, 6) is 1.65. The molecule has 2 heterocycles. The van der Waals surface area contributed by atoms with Crippen LogP contribution in [0.15, 0.2) is 60.9 Å². The Kier molecular flexibility index (Phi) is 6.14. The molecule has 30 heavy (non-hydrogen) atoms. The Hall–Kier alpha value is -3.12. The van der Waals surface area contributed by atoms with Crippen molar-refractivity contribution in [1.82, 2.24) is 15.3 Å². The molecule has 0 bridgehead atoms. The van der Waals surface area contributed by atoms with E-state index in [0.29, 0.717) is 39.0 Å². The number of H-pyrrole nitrogens is 1. The van der Waals surface area contributed by atoms with Crippen molar-refractivity contribution in [2.75, 3.05) is 20.3 Å². The van der Waals surface area contributed by atoms with Gasteiger partial charge in [-0.15, -0.1) is 0 Å². The minimum atomic E-state index is -0.482. The molecule has 1 aromatic heterocycles. The number of hydrogen-bond acceptors (Lipinski definition) is 4. The number of imidazole rings is 1. The summed E-state index contributed by atoms with van der Waals surface area (Å²) < 4.78 is 11.1. The van der Waals surface area contributed by atoms with Crippen LogP contribution in [0.5, 0.6) is 5.75 Å². The first-order chi connectivity index (χ1) is 14.7. The van der Waals surface area contributed by atoms with Gasteiger partial charge in [-0.25, -0.2) is 4.98 Å². The summed E-state index contributed by atoms with van der Waals surface area (Å²) in [6.07, 6.45) is 5.53. The Labute approximate surface area is 176 Å². The van der Waals surface area contributed by atoms with Crippen LogP contribution >= 0.6 is 0 Å². The molecule has 0 radical (unpaired) electrons. The van der Waals surface area contributed by atoms with E-state index in [9.17, 15) is 4.79 Å². The van der Waals surface area contributed by atoms with Crippen molar-refractivity contribution in [1.29, 1.82) is 0 Å². The maximum Gasteiger partial charge on any atom is 0.227 e. The van der Waals surface area contributed by atoms with Crippen molar-refractivity contribution in [3.05, 3.63) is 72.3 Å². The minimum Gasteiger partial charge on any atom is -0.496 e. The van der Waals surface area contributed by atoms with Gasteiger partial charge in [0.2, 0.25) is 5.91 Å². The lowest BCUT2D eigenvalue weighted by Crippen LogP contribution is -2.46. The molecule has 0 atom stereocenters. The summed E-state index contributed by atoms with van der Waals surface area (Å²) in [6, 6.07) is 16.4. The van der Waals surface area contributed by atoms with Crippen molar-refractivity contribution < 1.29 is 14.3 Å². The molecule has 0 aliphatic carbocycles. The number of methoxy groups -OCH3 is 1. The maximum atomic E-state index is 13.2. The molecular weight excluding hydrogens is 378 g/mol. The van der Waals surface area contributed by atoms with Gasteiger partial charge in [-0.1, -0.05) is 42.5 Å². The summed E-state index contributed by atoms with van der Waals surface area (Å²) in [5, 5.41) is 3.07. The normalized spacial score (nSPS) is 15.5. The van der Waals surface area contributed by atoms with Crippen molar-refractivity contribution in [3.8, 4) is 16.9 Å². The van der Waals surface area contributed by atoms with E-state index in [-0.39, 0.29) is 5.91 Å². The van der Waals surface area contributed by atoms with Crippen LogP contribution < -0.4 is 10.1 Å². The molecule has 2 N–H and O–H groups in total. The fraction of sp³-hybridized carbons (Fsp3) is 0.333. The van der Waals surface area contributed by atoms with Gasteiger partial charge in [0.15, 0.2) is 0 Å². The molecule has 1 fully saturated rings. The fourth-order valence-electron chi connectivity index (χ4n) is 4.12. The van der Waals surface area contributed by atoms with Crippen LogP contribution in [0.4, 0.5) is 0 Å². The van der Waals surface area contributed by atoms with Crippen LogP contribution in [0.25, 0.3) is 11.1 Å². The number of benzene rings is 2. The van der Waals surface area contributed by atoms with Crippen LogP contribution in [-0.2, 0) is 22.5 Å². The lowest BCUT2D eigenvalue weighted by Gasteiger charge is -2.36. The number of carbonyl (C=O) groups is 1. The predicted octanol–water partition coefficient (Wildman–Crippen LogP) is 3.74. The predicted molar refractivity (Wildman–Crippen MR) is 115 cm³/mol. The largest absolute Gasteiger partial charge is 0.496 e. The highest BCUT2D eigenvalue weighted by atomic mass is 16.5. The van der Waals surface area contributed by atoms with Gasteiger partial charge in [0.1, 0.15) is 11.6 Å². The molecule has 2 aromatic carbocycles. The SMILES string of the molecule is COc1ccccc1-c1cccc(CC2(C(=O)NCc3ncc[nH]3)CCOCC2)c1. The first-order valence-corrected chi connectivity index (χ1v) is 10.3. The third-order valence-corrected chi connectivity index (χ3v) is 5.79. The van der Waals surface area contributed by atoms with E-state index >= 15 is 0 Å². The molecule has 6 nitrogen and oxygen atoms in total. The Bertz CT molecular complexity index is 979. The molecule has 1 aliphatic rings. The quantitative estimate of drug-likeness (QED) is 0.628. The van der Waals surface area contributed by atoms with Crippen LogP contribution in [0.1, 0.15) is 24.2 Å². The molecule has 4 rings (SSSR count). The monoisotopic (exact) mass is 405 g/mol. The molecule has 3 aromatic rings. The molecule has 1 aliphatic heterocycles. The zero-order valence-corrected chi connectivity index (χ0v) is 17.2. The highest BCUT2D eigenvalue weighted by Gasteiger charge is 2.40. The van der Waals surface area contributed by atoms with E-state index in [0.717, 1.165) is 28.3 Å². The first-order valence-electron chi connectivity index (χ1n) is 10.3. The maximum absolute atomic E-state index is 13.2. The number of ether oxygens (including phenoxy) is 2. The average Bonchev–Trinajstić information content (AvgIpc) is 3.32. The van der Waals surface area contributed by atoms with Gasteiger partial charge < -0.3 is 19.8 Å². The average molecular weight is 405 g/mol. The number of para-hydroxylation sites is 1. The molecular formula is C24H27N3O3. The molecule has 6 heteroatoms. The Morgan fingerprint density at radius 1 is 1.20 bits per heavy atom. The summed E-state index contributed by atoms with van der Waals surface area (Å²) in [7, 11) is 1.68. The summed E-state index contributed by atoms with van der Waals surface area (Å²) in [4.78, 5) is 20.5. The topological polar surface area (TPSA) is 76.2 Å². The van der Waals surface area contributed by atoms with Gasteiger partial charge in [0.25, 0.3) is 0 Å². The first kappa shape index (κ1) is 20.2. The number of nitrogens with one attached hydrogen (secondary N) is 2. The van der Waals surface area contributed by atoms with Crippen LogP contribution in [0, 0.1) is 5.41 Å². The molecule has 0 spiro atoms. The standard InChI is InChI=1S/C24H27N3O3/c1-29-21-8-3-2-7-20(21)19-6-4-5-18(15-19)16-24(9-13-30-14-10-24)23(28)27-17-22-25-11-12-26-22/h2-8,11-12,15H,9-10,13-14,16-17H2,1H3,(H,25,26)(H,27,28). The van der Waals surface area contributed by atoms with Gasteiger partial charge in [0.05, 0.1) is 19.1 Å². The fourth-order valence-corrected chi connectivity index (χ4v) is 4.12. The molecule has 0 unspecified atom stereocenters. The summed E-state index contributed by atoms with van der Waals surface area (Å²) in [5.41, 5.74) is 2.78. The lowest BCUT2D eigenvalue weighted by atomic mass is 9.74. The highest BCUT2D eigenvalue weighted by Crippen LogP contribution is 2.37. The minimum absolute atomic E-state index is 0.0601. The Balaban J connectivity index is 1.57. The second-order valence-corrected chi connectivity index (χ2v) is 7.69. The van der Waals surface area contributed by atoms with Gasteiger partial charge in [-0.3, -0.25) is 4.79 Å². The Morgan fingerprint density at radius 3 is 2.80 bits per heavy atom. The van der Waals surface area contributed by atoms with E-state index < -0.39 is 5.41 Å². The third-order valence-electron chi connectivity index (χ3n) is 5.79. The van der Waals surface area contributed by atoms with Gasteiger partial charge >= 0.3 is 0 Å². The number of aromatic amines is 1. The van der Waals surface area contributed by atoms with Gasteiger partial charge in [0, 0.05) is 31.2 Å². The number of nitrogens with zero attached hydrogens (tertiary/aromatic N) is 1. The van der Waals surface area contributed by atoms with Gasteiger partial charge in [-0.2, -0.15) is 0 Å². The Morgan fingerprint density at radius 2 is 2.03 bits per heavy atom. The van der Waals surface area contributed by atoms with E-state index in [2.05, 4.69) is 39.6 Å². The molecule has 1 saturated heterocycles. The van der Waals surface area contributed by atoms with Crippen molar-refractivity contribution in [2.45, 2.75) is 25.8 Å². The molecule has 156 valence electrons. The number of carbonyl (C=O) groups excluding carboxylic acids is 1. The number of rotatable bonds is 7. The highest BCUT2D eigenvalue weighted by molar-refractivity contribution is 5.83. The van der Waals surface area contributed by atoms with Crippen LogP contribution in [-0.4, -0.2) is 36.2 Å². The van der Waals surface area contributed by atoms with E-state index in [1.54, 1.807) is 19.5 Å². The van der Waals surface area contributed by atoms with E-state index in [4.69, 9.17) is 9.47 Å². The van der Waals surface area contributed by atoms with Crippen LogP contribution in [0.2, 0.25) is 0 Å². The summed E-state index contributed by atoms with van der Waals surface area (Å²) in [6.45, 7) is 1.59. The third kappa shape index (κ3) is 4.39. The number of amides is 1. The van der Waals surface area contributed by atoms with Crippen molar-refractivity contribution in [2.24, 2.45) is 5.41 Å².